The monoisotopic (exact) mass is 298 g/mol. The van der Waals surface area contributed by atoms with Gasteiger partial charge in [0.25, 0.3) is 0 Å². The number of nitrogens with zero attached hydrogens (tertiary/aromatic N) is 1. The number of halogens is 2. The fraction of sp³-hybridized carbons (Fsp3) is 0.429. The Kier molecular flexibility index (Phi) is 3.99. The molecule has 1 fully saturated rings. The molecule has 20 heavy (non-hydrogen) atoms. The van der Waals surface area contributed by atoms with Gasteiger partial charge in [-0.1, -0.05) is 11.6 Å². The average Bonchev–Trinajstić information content (AvgIpc) is 2.45. The third-order valence-electron chi connectivity index (χ3n) is 3.25. The molecule has 0 spiro atoms. The van der Waals surface area contributed by atoms with Gasteiger partial charge in [0.05, 0.1) is 0 Å². The van der Waals surface area contributed by atoms with Crippen molar-refractivity contribution >= 4 is 23.4 Å². The van der Waals surface area contributed by atoms with Crippen LogP contribution in [0.4, 0.5) is 4.39 Å². The van der Waals surface area contributed by atoms with Crippen LogP contribution in [0.3, 0.4) is 0 Å². The molecule has 0 saturated carbocycles. The Bertz CT molecular complexity index is 560. The number of amides is 2. The maximum absolute atomic E-state index is 13.3. The Balaban J connectivity index is 2.25. The molecule has 1 heterocycles. The van der Waals surface area contributed by atoms with Crippen LogP contribution in [0.25, 0.3) is 0 Å². The van der Waals surface area contributed by atoms with Crippen LogP contribution in [-0.4, -0.2) is 28.8 Å². The molecular weight excluding hydrogens is 283 g/mol. The average molecular weight is 299 g/mol. The molecule has 6 heteroatoms. The topological polar surface area (TPSA) is 49.4 Å². The van der Waals surface area contributed by atoms with Crippen molar-refractivity contribution in [3.8, 4) is 0 Å². The third-order valence-corrected chi connectivity index (χ3v) is 3.62. The summed E-state index contributed by atoms with van der Waals surface area (Å²) in [7, 11) is 0. The minimum Gasteiger partial charge on any atom is -0.342 e. The summed E-state index contributed by atoms with van der Waals surface area (Å²) in [6.45, 7) is 3.78. The third kappa shape index (κ3) is 3.10. The predicted octanol–water partition coefficient (Wildman–Crippen LogP) is 2.11. The first-order chi connectivity index (χ1) is 9.29. The predicted molar refractivity (Wildman–Crippen MR) is 73.7 cm³/mol. The van der Waals surface area contributed by atoms with E-state index in [2.05, 4.69) is 5.32 Å². The van der Waals surface area contributed by atoms with Crippen molar-refractivity contribution < 1.29 is 14.0 Å². The van der Waals surface area contributed by atoms with Gasteiger partial charge in [0.15, 0.2) is 0 Å². The lowest BCUT2D eigenvalue weighted by molar-refractivity contribution is -0.137. The molecule has 2 amide bonds. The van der Waals surface area contributed by atoms with E-state index in [1.54, 1.807) is 13.8 Å². The maximum atomic E-state index is 13.3. The number of benzene rings is 1. The van der Waals surface area contributed by atoms with Gasteiger partial charge in [-0.15, -0.1) is 0 Å². The number of hydrogen-bond acceptors (Lipinski definition) is 2. The first-order valence-corrected chi connectivity index (χ1v) is 6.72. The molecule has 1 saturated heterocycles. The molecule has 0 radical (unpaired) electrons. The Morgan fingerprint density at radius 2 is 2.10 bits per heavy atom. The lowest BCUT2D eigenvalue weighted by Gasteiger charge is -2.29. The van der Waals surface area contributed by atoms with Crippen LogP contribution in [0, 0.1) is 5.82 Å². The molecule has 1 aromatic carbocycles. The highest BCUT2D eigenvalue weighted by Gasteiger charge is 2.36. The van der Waals surface area contributed by atoms with Gasteiger partial charge in [0.1, 0.15) is 11.4 Å². The summed E-state index contributed by atoms with van der Waals surface area (Å²) in [6.07, 6.45) is 0.224. The molecule has 1 aliphatic heterocycles. The molecule has 108 valence electrons. The maximum Gasteiger partial charge on any atom is 0.248 e. The van der Waals surface area contributed by atoms with E-state index >= 15 is 0 Å². The number of nitrogens with one attached hydrogen (secondary N) is 1. The Morgan fingerprint density at radius 3 is 2.80 bits per heavy atom. The van der Waals surface area contributed by atoms with Crippen LogP contribution in [-0.2, 0) is 16.1 Å². The molecule has 4 nitrogen and oxygen atoms in total. The van der Waals surface area contributed by atoms with Gasteiger partial charge in [-0.2, -0.15) is 0 Å². The van der Waals surface area contributed by atoms with Crippen LogP contribution < -0.4 is 5.32 Å². The van der Waals surface area contributed by atoms with E-state index in [1.165, 1.54) is 23.1 Å². The normalized spacial score (nSPS) is 18.7. The summed E-state index contributed by atoms with van der Waals surface area (Å²) < 4.78 is 13.3. The second kappa shape index (κ2) is 5.40. The van der Waals surface area contributed by atoms with Gasteiger partial charge in [-0.05, 0) is 37.6 Å². The zero-order valence-electron chi connectivity index (χ0n) is 11.4. The van der Waals surface area contributed by atoms with Crippen LogP contribution in [0.2, 0.25) is 5.02 Å². The fourth-order valence-corrected chi connectivity index (χ4v) is 2.40. The molecule has 1 aliphatic rings. The molecule has 2 rings (SSSR count). The first-order valence-electron chi connectivity index (χ1n) is 6.34. The summed E-state index contributed by atoms with van der Waals surface area (Å²) in [4.78, 5) is 25.5. The summed E-state index contributed by atoms with van der Waals surface area (Å²) in [5.41, 5.74) is -0.432. The molecule has 0 bridgehead atoms. The van der Waals surface area contributed by atoms with Gasteiger partial charge in [-0.25, -0.2) is 4.39 Å². The summed E-state index contributed by atoms with van der Waals surface area (Å²) in [5.74, 6) is -0.778. The lowest BCUT2D eigenvalue weighted by Crippen LogP contribution is -2.52. The second-order valence-corrected chi connectivity index (χ2v) is 5.79. The first kappa shape index (κ1) is 14.8. The Labute approximate surface area is 121 Å². The van der Waals surface area contributed by atoms with E-state index in [1.807, 2.05) is 0 Å². The van der Waals surface area contributed by atoms with Gasteiger partial charge >= 0.3 is 0 Å². The van der Waals surface area contributed by atoms with Crippen molar-refractivity contribution in [1.29, 1.82) is 0 Å². The van der Waals surface area contributed by atoms with E-state index in [-0.39, 0.29) is 24.8 Å². The lowest BCUT2D eigenvalue weighted by atomic mass is 10.0. The van der Waals surface area contributed by atoms with Crippen molar-refractivity contribution in [3.63, 3.8) is 0 Å². The Morgan fingerprint density at radius 1 is 1.40 bits per heavy atom. The number of carbonyl (C=O) groups excluding carboxylic acids is 2. The van der Waals surface area contributed by atoms with Crippen molar-refractivity contribution in [1.82, 2.24) is 10.2 Å². The minimum atomic E-state index is -0.965. The summed E-state index contributed by atoms with van der Waals surface area (Å²) >= 11 is 6.02. The molecular formula is C14H16ClFN2O2. The fourth-order valence-electron chi connectivity index (χ4n) is 2.22. The van der Waals surface area contributed by atoms with Gasteiger partial charge in [0, 0.05) is 24.5 Å². The zero-order valence-corrected chi connectivity index (χ0v) is 12.1. The highest BCUT2D eigenvalue weighted by atomic mass is 35.5. The summed E-state index contributed by atoms with van der Waals surface area (Å²) in [5, 5.41) is 3.08. The van der Waals surface area contributed by atoms with Crippen molar-refractivity contribution in [3.05, 3.63) is 34.6 Å². The molecule has 1 N–H and O–H groups in total. The molecule has 0 aliphatic carbocycles. The summed E-state index contributed by atoms with van der Waals surface area (Å²) in [6, 6.07) is 4.04. The zero-order chi connectivity index (χ0) is 14.9. The van der Waals surface area contributed by atoms with Gasteiger partial charge in [0.2, 0.25) is 11.8 Å². The van der Waals surface area contributed by atoms with Crippen LogP contribution in [0.1, 0.15) is 25.8 Å². The second-order valence-electron chi connectivity index (χ2n) is 5.39. The van der Waals surface area contributed by atoms with Crippen molar-refractivity contribution in [2.45, 2.75) is 32.4 Å². The van der Waals surface area contributed by atoms with Gasteiger partial charge in [-0.3, -0.25) is 9.59 Å². The highest BCUT2D eigenvalue weighted by Crippen LogP contribution is 2.22. The van der Waals surface area contributed by atoms with E-state index in [4.69, 9.17) is 11.6 Å². The number of rotatable bonds is 2. The highest BCUT2D eigenvalue weighted by molar-refractivity contribution is 6.31. The van der Waals surface area contributed by atoms with E-state index in [0.29, 0.717) is 17.1 Å². The van der Waals surface area contributed by atoms with Crippen LogP contribution in [0.15, 0.2) is 18.2 Å². The minimum absolute atomic E-state index is 0.170. The van der Waals surface area contributed by atoms with Crippen molar-refractivity contribution in [2.75, 3.05) is 6.54 Å². The smallest absolute Gasteiger partial charge is 0.248 e. The van der Waals surface area contributed by atoms with Crippen LogP contribution in [0.5, 0.6) is 0 Å². The SMILES string of the molecule is CC1(C)NC(=O)CCN(Cc2cc(F)ccc2Cl)C1=O. The largest absolute Gasteiger partial charge is 0.342 e. The standard InChI is InChI=1S/C14H16ClFN2O2/c1-14(2)13(20)18(6-5-12(19)17-14)8-9-7-10(16)3-4-11(9)15/h3-4,7H,5-6,8H2,1-2H3,(H,17,19). The number of hydrogen-bond donors (Lipinski definition) is 1. The quantitative estimate of drug-likeness (QED) is 0.909. The van der Waals surface area contributed by atoms with E-state index in [0.717, 1.165) is 0 Å². The molecule has 0 unspecified atom stereocenters. The van der Waals surface area contributed by atoms with E-state index < -0.39 is 11.4 Å². The molecule has 0 aromatic heterocycles. The van der Waals surface area contributed by atoms with E-state index in [9.17, 15) is 14.0 Å². The van der Waals surface area contributed by atoms with Gasteiger partial charge < -0.3 is 10.2 Å². The van der Waals surface area contributed by atoms with Crippen molar-refractivity contribution in [2.24, 2.45) is 0 Å². The Hall–Kier alpha value is -1.62. The molecule has 0 atom stereocenters. The molecule has 1 aromatic rings. The number of carbonyl (C=O) groups is 2. The van der Waals surface area contributed by atoms with Crippen LogP contribution >= 0.6 is 11.6 Å².